The number of nitrogens with one attached hydrogen (secondary N) is 3. The number of halogens is 1. The van der Waals surface area contributed by atoms with Crippen LogP contribution in [0.1, 0.15) is 73.6 Å². The summed E-state index contributed by atoms with van der Waals surface area (Å²) >= 11 is -0.902. The Hall–Kier alpha value is -4.48. The molecule has 224 valence electrons. The second kappa shape index (κ2) is 12.3. The average molecular weight is 701 g/mol. The first-order valence-corrected chi connectivity index (χ1v) is 16.4. The predicted molar refractivity (Wildman–Crippen MR) is 164 cm³/mol. The fourth-order valence-electron chi connectivity index (χ4n) is 5.39. The van der Waals surface area contributed by atoms with Crippen molar-refractivity contribution in [3.8, 4) is 0 Å². The van der Waals surface area contributed by atoms with Crippen LogP contribution in [0.3, 0.4) is 0 Å². The molecule has 2 atom stereocenters. The fraction of sp³-hybridized carbons (Fsp3) is 0.171. The normalized spacial score (nSPS) is 15.1. The molecule has 1 aliphatic rings. The van der Waals surface area contributed by atoms with Crippen LogP contribution in [0.4, 0.5) is 0 Å². The minimum Gasteiger partial charge on any atom is -0.0614 e. The standard InChI is InChI=1S/C35H31IN3O5/c1-19-28(38-21(3)32(19)35(43)37-18-29(40)31-16-23-11-7-8-12-30(23)44-31)17-26-25-15-24(13-14-27(25)36-33(26)41)34(42)39-20(2)22-9-5-4-6-10-22/h4-17,20,29,38,40H,18H2,1-3H3,(H,37,43)(H,39,42)/q-1/b26-17-. The first-order chi connectivity index (χ1) is 21.2. The molecule has 2 unspecified atom stereocenters. The average Bonchev–Trinajstić information content (AvgIpc) is 3.68. The van der Waals surface area contributed by atoms with Crippen LogP contribution in [0, 0.1) is 17.4 Å². The summed E-state index contributed by atoms with van der Waals surface area (Å²) in [6.45, 7) is 5.53. The summed E-state index contributed by atoms with van der Waals surface area (Å²) < 4.78 is 6.75. The zero-order valence-electron chi connectivity index (χ0n) is 24.4. The van der Waals surface area contributed by atoms with Crippen molar-refractivity contribution in [2.45, 2.75) is 32.9 Å². The number of carbonyl (C=O) groups is 3. The van der Waals surface area contributed by atoms with E-state index in [0.29, 0.717) is 45.0 Å². The Morgan fingerprint density at radius 1 is 1.00 bits per heavy atom. The van der Waals surface area contributed by atoms with Crippen molar-refractivity contribution in [1.82, 2.24) is 15.6 Å². The van der Waals surface area contributed by atoms with Crippen LogP contribution >= 0.6 is 0 Å². The van der Waals surface area contributed by atoms with Gasteiger partial charge in [-0.25, -0.2) is 0 Å². The van der Waals surface area contributed by atoms with Gasteiger partial charge in [0, 0.05) is 5.39 Å². The second-order valence-electron chi connectivity index (χ2n) is 10.8. The molecule has 6 rings (SSSR count). The maximum atomic E-state index is 13.2. The molecule has 0 radical (unpaired) electrons. The van der Waals surface area contributed by atoms with Gasteiger partial charge in [0.25, 0.3) is 0 Å². The van der Waals surface area contributed by atoms with Crippen LogP contribution in [0.25, 0.3) is 22.6 Å². The number of para-hydroxylation sites is 1. The van der Waals surface area contributed by atoms with Crippen molar-refractivity contribution in [1.29, 1.82) is 0 Å². The summed E-state index contributed by atoms with van der Waals surface area (Å²) in [4.78, 5) is 42.7. The number of hydrogen-bond acceptors (Lipinski definition) is 5. The molecule has 0 saturated carbocycles. The van der Waals surface area contributed by atoms with E-state index in [2.05, 4.69) is 15.6 Å². The number of fused-ring (bicyclic) bond motifs is 2. The minimum atomic E-state index is -1.01. The van der Waals surface area contributed by atoms with Gasteiger partial charge < -0.3 is 0 Å². The molecule has 0 fully saturated rings. The number of carbonyl (C=O) groups excluding carboxylic acids is 3. The van der Waals surface area contributed by atoms with Crippen molar-refractivity contribution in [3.05, 3.63) is 127 Å². The van der Waals surface area contributed by atoms with Crippen LogP contribution in [-0.2, 0) is 4.79 Å². The molecule has 9 heteroatoms. The van der Waals surface area contributed by atoms with E-state index in [1.807, 2.05) is 74.5 Å². The first kappa shape index (κ1) is 29.6. The van der Waals surface area contributed by atoms with E-state index in [0.717, 1.165) is 20.1 Å². The van der Waals surface area contributed by atoms with Gasteiger partial charge in [-0.3, -0.25) is 0 Å². The molecule has 2 aromatic heterocycles. The van der Waals surface area contributed by atoms with Gasteiger partial charge in [0.1, 0.15) is 5.58 Å². The Morgan fingerprint density at radius 3 is 2.52 bits per heavy atom. The van der Waals surface area contributed by atoms with Crippen molar-refractivity contribution >= 4 is 38.2 Å². The van der Waals surface area contributed by atoms with Crippen LogP contribution in [0.15, 0.2) is 83.3 Å². The van der Waals surface area contributed by atoms with Gasteiger partial charge in [0.05, 0.1) is 0 Å². The molecule has 44 heavy (non-hydrogen) atoms. The number of aliphatic hydroxyl groups is 1. The van der Waals surface area contributed by atoms with Crippen molar-refractivity contribution < 1.29 is 45.1 Å². The van der Waals surface area contributed by atoms with Gasteiger partial charge in [-0.05, 0) is 6.07 Å². The monoisotopic (exact) mass is 700 g/mol. The van der Waals surface area contributed by atoms with Crippen molar-refractivity contribution in [2.75, 3.05) is 6.54 Å². The molecular weight excluding hydrogens is 669 g/mol. The molecule has 0 aliphatic carbocycles. The fourth-order valence-corrected chi connectivity index (χ4v) is 7.75. The zero-order valence-corrected chi connectivity index (χ0v) is 26.6. The Labute approximate surface area is 264 Å². The van der Waals surface area contributed by atoms with E-state index in [1.54, 1.807) is 31.2 Å². The molecule has 4 N–H and O–H groups in total. The molecule has 0 spiro atoms. The van der Waals surface area contributed by atoms with E-state index >= 15 is 0 Å². The summed E-state index contributed by atoms with van der Waals surface area (Å²) in [6.07, 6.45) is 0.774. The van der Waals surface area contributed by atoms with Gasteiger partial charge >= 0.3 is 231 Å². The maximum absolute atomic E-state index is 13.2. The van der Waals surface area contributed by atoms with E-state index in [9.17, 15) is 19.5 Å². The molecule has 3 heterocycles. The summed E-state index contributed by atoms with van der Waals surface area (Å²) in [5.41, 5.74) is 5.90. The Balaban J connectivity index is 1.19. The number of allylic oxidation sites excluding steroid dienone is 1. The Kier molecular flexibility index (Phi) is 8.24. The smallest absolute Gasteiger partial charge is 0.0614 e. The van der Waals surface area contributed by atoms with Crippen LogP contribution in [0.5, 0.6) is 0 Å². The molecule has 0 bridgehead atoms. The number of aromatic amines is 1. The number of H-pyrrole nitrogens is 1. The summed E-state index contributed by atoms with van der Waals surface area (Å²) in [5, 5.41) is 17.4. The number of amides is 2. The summed E-state index contributed by atoms with van der Waals surface area (Å²) in [6, 6.07) is 24.2. The van der Waals surface area contributed by atoms with Crippen molar-refractivity contribution in [3.63, 3.8) is 0 Å². The Morgan fingerprint density at radius 2 is 1.75 bits per heavy atom. The number of aromatic nitrogens is 1. The molecule has 3 aromatic carbocycles. The SMILES string of the molecule is Cc1[nH]c(/C=C2\C(=O)[I-]c3ccc(C(=O)NC(C)c4ccccc4)cc32)c(C)c1C(=O)NCC(O)c1cc2ccccc2o1. The van der Waals surface area contributed by atoms with Crippen LogP contribution in [0.2, 0.25) is 0 Å². The number of rotatable bonds is 8. The van der Waals surface area contributed by atoms with E-state index in [-0.39, 0.29) is 28.2 Å². The van der Waals surface area contributed by atoms with Gasteiger partial charge in [0.2, 0.25) is 0 Å². The van der Waals surface area contributed by atoms with Crippen LogP contribution < -0.4 is 31.8 Å². The van der Waals surface area contributed by atoms with E-state index in [1.165, 1.54) is 0 Å². The third kappa shape index (κ3) is 5.85. The van der Waals surface area contributed by atoms with Gasteiger partial charge in [-0.2, -0.15) is 0 Å². The van der Waals surface area contributed by atoms with Gasteiger partial charge in [-0.15, -0.1) is 0 Å². The van der Waals surface area contributed by atoms with Gasteiger partial charge in [-0.1, -0.05) is 18.2 Å². The van der Waals surface area contributed by atoms with E-state index < -0.39 is 27.3 Å². The molecule has 0 saturated heterocycles. The quantitative estimate of drug-likeness (QED) is 0.113. The topological polar surface area (TPSA) is 124 Å². The predicted octanol–water partition coefficient (Wildman–Crippen LogP) is 2.67. The third-order valence-corrected chi connectivity index (χ3v) is 10.4. The summed E-state index contributed by atoms with van der Waals surface area (Å²) in [7, 11) is 0. The number of aliphatic hydroxyl groups excluding tert-OH is 1. The first-order valence-electron chi connectivity index (χ1n) is 14.2. The second-order valence-corrected chi connectivity index (χ2v) is 13.5. The number of aryl methyl sites for hydroxylation is 1. The van der Waals surface area contributed by atoms with Crippen molar-refractivity contribution in [2.24, 2.45) is 0 Å². The zero-order chi connectivity index (χ0) is 31.0. The third-order valence-electron chi connectivity index (χ3n) is 7.79. The molecule has 8 nitrogen and oxygen atoms in total. The number of hydrogen-bond donors (Lipinski definition) is 4. The van der Waals surface area contributed by atoms with E-state index in [4.69, 9.17) is 4.42 Å². The minimum absolute atomic E-state index is 0.0246. The number of furan rings is 1. The molecule has 1 aliphatic heterocycles. The molecular formula is C35H31IN3O5-. The Bertz CT molecular complexity index is 1910. The number of benzene rings is 3. The van der Waals surface area contributed by atoms with Gasteiger partial charge in [0.15, 0.2) is 0 Å². The van der Waals surface area contributed by atoms with Crippen LogP contribution in [-0.4, -0.2) is 32.2 Å². The molecule has 5 aromatic rings. The molecule has 2 amide bonds. The summed E-state index contributed by atoms with van der Waals surface area (Å²) in [5.74, 6) is -0.173.